The maximum atomic E-state index is 4.31. The number of nitrogens with one attached hydrogen (secondary N) is 1. The Morgan fingerprint density at radius 1 is 1.17 bits per heavy atom. The molecule has 1 heterocycles. The second kappa shape index (κ2) is 6.34. The molecule has 4 heteroatoms. The van der Waals surface area contributed by atoms with Crippen LogP contribution in [-0.2, 0) is 6.42 Å². The van der Waals surface area contributed by atoms with E-state index in [1.807, 2.05) is 24.4 Å². The van der Waals surface area contributed by atoms with E-state index in [4.69, 9.17) is 0 Å². The predicted molar refractivity (Wildman–Crippen MR) is 83.0 cm³/mol. The van der Waals surface area contributed by atoms with Gasteiger partial charge >= 0.3 is 0 Å². The molecule has 0 aliphatic rings. The van der Waals surface area contributed by atoms with Gasteiger partial charge in [0.15, 0.2) is 0 Å². The van der Waals surface area contributed by atoms with E-state index in [9.17, 15) is 0 Å². The van der Waals surface area contributed by atoms with Crippen molar-refractivity contribution in [2.45, 2.75) is 13.3 Å². The Morgan fingerprint density at radius 2 is 1.89 bits per heavy atom. The van der Waals surface area contributed by atoms with Crippen molar-refractivity contribution < 1.29 is 0 Å². The molecule has 0 aliphatic heterocycles. The van der Waals surface area contributed by atoms with Crippen LogP contribution in [0.1, 0.15) is 11.3 Å². The molecule has 94 valence electrons. The molecule has 0 fully saturated rings. The molecule has 1 aromatic heterocycles. The number of hydrogen-bond donors (Lipinski definition) is 1. The third-order valence-corrected chi connectivity index (χ3v) is 3.85. The van der Waals surface area contributed by atoms with Gasteiger partial charge in [0.1, 0.15) is 0 Å². The van der Waals surface area contributed by atoms with Crippen LogP contribution in [0.3, 0.4) is 0 Å². The van der Waals surface area contributed by atoms with E-state index in [1.165, 1.54) is 5.56 Å². The van der Waals surface area contributed by atoms with Gasteiger partial charge in [-0.3, -0.25) is 4.98 Å². The zero-order valence-electron chi connectivity index (χ0n) is 10.1. The molecule has 0 amide bonds. The fourth-order valence-electron chi connectivity index (χ4n) is 1.73. The Bertz CT molecular complexity index is 504. The van der Waals surface area contributed by atoms with Crippen molar-refractivity contribution in [1.29, 1.82) is 0 Å². The third-order valence-electron chi connectivity index (χ3n) is 2.60. The van der Waals surface area contributed by atoms with Crippen LogP contribution >= 0.6 is 31.9 Å². The maximum Gasteiger partial charge on any atom is 0.0629 e. The van der Waals surface area contributed by atoms with Crippen LogP contribution in [0.4, 0.5) is 5.69 Å². The Morgan fingerprint density at radius 3 is 2.50 bits per heavy atom. The molecule has 0 saturated heterocycles. The van der Waals surface area contributed by atoms with Crippen molar-refractivity contribution in [2.75, 3.05) is 11.9 Å². The topological polar surface area (TPSA) is 24.9 Å². The Kier molecular flexibility index (Phi) is 4.78. The van der Waals surface area contributed by atoms with E-state index in [2.05, 4.69) is 61.2 Å². The van der Waals surface area contributed by atoms with Gasteiger partial charge in [0.05, 0.1) is 5.69 Å². The molecule has 0 spiro atoms. The third kappa shape index (κ3) is 3.56. The van der Waals surface area contributed by atoms with Crippen molar-refractivity contribution in [3.8, 4) is 0 Å². The first kappa shape index (κ1) is 13.6. The van der Waals surface area contributed by atoms with E-state index in [-0.39, 0.29) is 0 Å². The van der Waals surface area contributed by atoms with Crippen LogP contribution in [0.15, 0.2) is 45.5 Å². The molecule has 1 aromatic carbocycles. The van der Waals surface area contributed by atoms with E-state index in [0.29, 0.717) is 0 Å². The SMILES string of the molecule is Cc1cc(Br)c(NCCc2ccccn2)c(Br)c1. The van der Waals surface area contributed by atoms with E-state index in [1.54, 1.807) is 0 Å². The number of anilines is 1. The number of pyridine rings is 1. The lowest BCUT2D eigenvalue weighted by Crippen LogP contribution is -2.07. The van der Waals surface area contributed by atoms with Crippen molar-refractivity contribution >= 4 is 37.5 Å². The van der Waals surface area contributed by atoms with Crippen molar-refractivity contribution in [3.63, 3.8) is 0 Å². The summed E-state index contributed by atoms with van der Waals surface area (Å²) in [4.78, 5) is 4.31. The Labute approximate surface area is 124 Å². The minimum absolute atomic E-state index is 0.858. The number of rotatable bonds is 4. The van der Waals surface area contributed by atoms with Crippen LogP contribution in [0.25, 0.3) is 0 Å². The van der Waals surface area contributed by atoms with E-state index in [0.717, 1.165) is 33.3 Å². The summed E-state index contributed by atoms with van der Waals surface area (Å²) < 4.78 is 2.16. The summed E-state index contributed by atoms with van der Waals surface area (Å²) in [7, 11) is 0. The highest BCUT2D eigenvalue weighted by Gasteiger charge is 2.05. The van der Waals surface area contributed by atoms with Crippen molar-refractivity contribution in [1.82, 2.24) is 4.98 Å². The smallest absolute Gasteiger partial charge is 0.0629 e. The molecule has 0 atom stereocenters. The molecular formula is C14H14Br2N2. The van der Waals surface area contributed by atoms with E-state index >= 15 is 0 Å². The van der Waals surface area contributed by atoms with Crippen LogP contribution in [-0.4, -0.2) is 11.5 Å². The largest absolute Gasteiger partial charge is 0.383 e. The molecule has 2 rings (SSSR count). The van der Waals surface area contributed by atoms with Crippen molar-refractivity contribution in [2.24, 2.45) is 0 Å². The Balaban J connectivity index is 1.99. The van der Waals surface area contributed by atoms with Gasteiger partial charge in [-0.05, 0) is 68.6 Å². The molecule has 2 nitrogen and oxygen atoms in total. The number of benzene rings is 1. The summed E-state index contributed by atoms with van der Waals surface area (Å²) in [5, 5.41) is 3.42. The summed E-state index contributed by atoms with van der Waals surface area (Å²) >= 11 is 7.15. The molecule has 0 saturated carbocycles. The summed E-state index contributed by atoms with van der Waals surface area (Å²) in [6, 6.07) is 10.2. The first-order valence-electron chi connectivity index (χ1n) is 5.76. The summed E-state index contributed by atoms with van der Waals surface area (Å²) in [6.07, 6.45) is 2.74. The zero-order chi connectivity index (χ0) is 13.0. The van der Waals surface area contributed by atoms with E-state index < -0.39 is 0 Å². The standard InChI is InChI=1S/C14H14Br2N2/c1-10-8-12(15)14(13(16)9-10)18-7-5-11-4-2-3-6-17-11/h2-4,6,8-9,18H,5,7H2,1H3. The number of aryl methyl sites for hydroxylation is 1. The van der Waals surface area contributed by atoms with Gasteiger partial charge in [0.2, 0.25) is 0 Å². The number of hydrogen-bond acceptors (Lipinski definition) is 2. The fraction of sp³-hybridized carbons (Fsp3) is 0.214. The van der Waals surface area contributed by atoms with Gasteiger partial charge in [-0.15, -0.1) is 0 Å². The normalized spacial score (nSPS) is 10.4. The van der Waals surface area contributed by atoms with Crippen molar-refractivity contribution in [3.05, 3.63) is 56.7 Å². The second-order valence-corrected chi connectivity index (χ2v) is 5.81. The van der Waals surface area contributed by atoms with Crippen LogP contribution in [0.5, 0.6) is 0 Å². The van der Waals surface area contributed by atoms with Crippen LogP contribution < -0.4 is 5.32 Å². The average Bonchev–Trinajstić information content (AvgIpc) is 2.34. The molecule has 0 bridgehead atoms. The summed E-state index contributed by atoms with van der Waals surface area (Å²) in [6.45, 7) is 2.93. The maximum absolute atomic E-state index is 4.31. The Hall–Kier alpha value is -0.870. The van der Waals surface area contributed by atoms with Gasteiger partial charge in [0, 0.05) is 33.8 Å². The van der Waals surface area contributed by atoms with Gasteiger partial charge < -0.3 is 5.32 Å². The van der Waals surface area contributed by atoms with Crippen LogP contribution in [0, 0.1) is 6.92 Å². The number of aromatic nitrogens is 1. The second-order valence-electron chi connectivity index (χ2n) is 4.10. The first-order valence-corrected chi connectivity index (χ1v) is 7.35. The molecule has 1 N–H and O–H groups in total. The lowest BCUT2D eigenvalue weighted by Gasteiger charge is -2.11. The lowest BCUT2D eigenvalue weighted by atomic mass is 10.2. The highest BCUT2D eigenvalue weighted by atomic mass is 79.9. The highest BCUT2D eigenvalue weighted by molar-refractivity contribution is 9.11. The highest BCUT2D eigenvalue weighted by Crippen LogP contribution is 2.32. The van der Waals surface area contributed by atoms with Gasteiger partial charge in [-0.2, -0.15) is 0 Å². The fourth-order valence-corrected chi connectivity index (χ4v) is 3.43. The average molecular weight is 370 g/mol. The quantitative estimate of drug-likeness (QED) is 0.853. The van der Waals surface area contributed by atoms with Gasteiger partial charge in [0.25, 0.3) is 0 Å². The molecular weight excluding hydrogens is 356 g/mol. The predicted octanol–water partition coefficient (Wildman–Crippen LogP) is 4.57. The monoisotopic (exact) mass is 368 g/mol. The zero-order valence-corrected chi connectivity index (χ0v) is 13.3. The minimum atomic E-state index is 0.858. The van der Waals surface area contributed by atoms with Crippen LogP contribution in [0.2, 0.25) is 0 Å². The molecule has 0 aliphatic carbocycles. The molecule has 0 radical (unpaired) electrons. The number of halogens is 2. The summed E-state index contributed by atoms with van der Waals surface area (Å²) in [5.41, 5.74) is 3.42. The summed E-state index contributed by atoms with van der Waals surface area (Å²) in [5.74, 6) is 0. The minimum Gasteiger partial charge on any atom is -0.383 e. The molecule has 2 aromatic rings. The first-order chi connectivity index (χ1) is 8.66. The lowest BCUT2D eigenvalue weighted by molar-refractivity contribution is 0.959. The number of nitrogens with zero attached hydrogens (tertiary/aromatic N) is 1. The molecule has 18 heavy (non-hydrogen) atoms. The van der Waals surface area contributed by atoms with Gasteiger partial charge in [-0.25, -0.2) is 0 Å². The molecule has 0 unspecified atom stereocenters. The van der Waals surface area contributed by atoms with Gasteiger partial charge in [-0.1, -0.05) is 6.07 Å².